The molecule has 0 aliphatic heterocycles. The summed E-state index contributed by atoms with van der Waals surface area (Å²) in [7, 11) is 3.61. The van der Waals surface area contributed by atoms with Crippen LogP contribution in [0, 0.1) is 0 Å². The Hall–Kier alpha value is -3.75. The van der Waals surface area contributed by atoms with Crippen LogP contribution in [0.15, 0.2) is 42.7 Å². The first-order chi connectivity index (χ1) is 13.9. The van der Waals surface area contributed by atoms with Gasteiger partial charge in [0.2, 0.25) is 0 Å². The van der Waals surface area contributed by atoms with Crippen molar-refractivity contribution in [2.75, 3.05) is 17.3 Å². The molecule has 29 heavy (non-hydrogen) atoms. The van der Waals surface area contributed by atoms with Crippen LogP contribution >= 0.6 is 0 Å². The molecule has 148 valence electrons. The van der Waals surface area contributed by atoms with E-state index >= 15 is 0 Å². The maximum Gasteiger partial charge on any atom is 0.274 e. The fourth-order valence-corrected chi connectivity index (χ4v) is 3.15. The van der Waals surface area contributed by atoms with E-state index < -0.39 is 11.8 Å². The highest BCUT2D eigenvalue weighted by Crippen LogP contribution is 2.30. The fourth-order valence-electron chi connectivity index (χ4n) is 3.15. The predicted octanol–water partition coefficient (Wildman–Crippen LogP) is 1.83. The summed E-state index contributed by atoms with van der Waals surface area (Å²) < 4.78 is 1.32. The average molecular weight is 391 g/mol. The van der Waals surface area contributed by atoms with Crippen LogP contribution in [-0.4, -0.2) is 44.7 Å². The molecular weight excluding hydrogens is 370 g/mol. The highest BCUT2D eigenvalue weighted by Gasteiger charge is 2.27. The summed E-state index contributed by atoms with van der Waals surface area (Å²) in [5.74, 6) is -0.249. The second-order valence-corrected chi connectivity index (χ2v) is 7.00. The van der Waals surface area contributed by atoms with E-state index in [1.54, 1.807) is 25.4 Å². The largest absolute Gasteiger partial charge is 0.364 e. The molecule has 0 aromatic carbocycles. The molecule has 0 unspecified atom stereocenters. The lowest BCUT2D eigenvalue weighted by molar-refractivity contribution is 0.0992. The Balaban J connectivity index is 1.58. The lowest BCUT2D eigenvalue weighted by Gasteiger charge is -2.17. The van der Waals surface area contributed by atoms with Gasteiger partial charge in [-0.15, -0.1) is 0 Å². The Bertz CT molecular complexity index is 1090. The smallest absolute Gasteiger partial charge is 0.274 e. The average Bonchev–Trinajstić information content (AvgIpc) is 3.51. The second kappa shape index (κ2) is 7.34. The maximum absolute atomic E-state index is 12.7. The third-order valence-electron chi connectivity index (χ3n) is 4.90. The van der Waals surface area contributed by atoms with Gasteiger partial charge in [-0.2, -0.15) is 5.10 Å². The van der Waals surface area contributed by atoms with Crippen LogP contribution in [0.2, 0.25) is 0 Å². The second-order valence-electron chi connectivity index (χ2n) is 7.00. The topological polar surface area (TPSA) is 119 Å². The summed E-state index contributed by atoms with van der Waals surface area (Å²) >= 11 is 0. The van der Waals surface area contributed by atoms with Crippen molar-refractivity contribution < 1.29 is 9.59 Å². The number of anilines is 2. The molecule has 1 aliphatic carbocycles. The Morgan fingerprint density at radius 1 is 1.28 bits per heavy atom. The Labute approximate surface area is 167 Å². The van der Waals surface area contributed by atoms with Gasteiger partial charge in [-0.05, 0) is 37.1 Å². The van der Waals surface area contributed by atoms with Gasteiger partial charge < -0.3 is 16.0 Å². The fraction of sp³-hybridized carbons (Fsp3) is 0.250. The minimum atomic E-state index is -0.675. The summed E-state index contributed by atoms with van der Waals surface area (Å²) in [6, 6.07) is 9.58. The van der Waals surface area contributed by atoms with Crippen molar-refractivity contribution in [3.63, 3.8) is 0 Å². The van der Waals surface area contributed by atoms with Crippen molar-refractivity contribution in [3.8, 4) is 11.3 Å². The number of hydrogen-bond acceptors (Lipinski definition) is 6. The Morgan fingerprint density at radius 3 is 2.79 bits per heavy atom. The first-order valence-corrected chi connectivity index (χ1v) is 9.23. The third kappa shape index (κ3) is 3.79. The molecule has 3 aromatic heterocycles. The molecule has 0 spiro atoms. The van der Waals surface area contributed by atoms with Crippen molar-refractivity contribution >= 4 is 23.3 Å². The monoisotopic (exact) mass is 391 g/mol. The molecule has 3 N–H and O–H groups in total. The molecule has 3 heterocycles. The van der Waals surface area contributed by atoms with Gasteiger partial charge in [-0.25, -0.2) is 9.97 Å². The Kier molecular flexibility index (Phi) is 4.71. The van der Waals surface area contributed by atoms with Crippen molar-refractivity contribution in [1.29, 1.82) is 0 Å². The number of nitrogens with one attached hydrogen (secondary N) is 1. The molecular formula is C20H21N7O2. The number of nitrogens with two attached hydrogens (primary N) is 1. The number of aryl methyl sites for hydroxylation is 1. The summed E-state index contributed by atoms with van der Waals surface area (Å²) in [4.78, 5) is 35.3. The molecule has 1 aliphatic rings. The van der Waals surface area contributed by atoms with Crippen molar-refractivity contribution in [1.82, 2.24) is 19.7 Å². The van der Waals surface area contributed by atoms with E-state index in [0.717, 1.165) is 11.4 Å². The highest BCUT2D eigenvalue weighted by molar-refractivity contribution is 6.07. The minimum absolute atomic E-state index is 0.122. The normalized spacial score (nSPS) is 13.2. The number of hydrogen-bond donors (Lipinski definition) is 2. The van der Waals surface area contributed by atoms with E-state index in [1.165, 1.54) is 23.7 Å². The van der Waals surface area contributed by atoms with Crippen LogP contribution in [0.25, 0.3) is 11.3 Å². The van der Waals surface area contributed by atoms with Crippen LogP contribution in [0.3, 0.4) is 0 Å². The summed E-state index contributed by atoms with van der Waals surface area (Å²) in [5, 5.41) is 6.62. The summed E-state index contributed by atoms with van der Waals surface area (Å²) in [6.45, 7) is 0. The molecule has 4 rings (SSSR count). The number of rotatable bonds is 6. The van der Waals surface area contributed by atoms with Gasteiger partial charge in [0.15, 0.2) is 0 Å². The predicted molar refractivity (Wildman–Crippen MR) is 109 cm³/mol. The van der Waals surface area contributed by atoms with E-state index in [-0.39, 0.29) is 17.1 Å². The molecule has 1 saturated carbocycles. The zero-order chi connectivity index (χ0) is 20.5. The standard InChI is InChI=1S/C20H21N7O2/c1-26(13-6-7-13)17-10-12(8-9-22-17)14-4-3-5-15(24-14)20(29)25-16-11-23-27(2)18(16)19(21)28/h3-5,8-11,13H,6-7H2,1-2H3,(H2,21,28)(H,25,29). The van der Waals surface area contributed by atoms with E-state index in [0.29, 0.717) is 11.7 Å². The SMILES string of the molecule is CN(c1cc(-c2cccc(C(=O)Nc3cnn(C)c3C(N)=O)n2)ccn1)C1CC1. The molecule has 3 aromatic rings. The van der Waals surface area contributed by atoms with Crippen molar-refractivity contribution in [3.05, 3.63) is 54.1 Å². The zero-order valence-corrected chi connectivity index (χ0v) is 16.2. The molecule has 1 fully saturated rings. The number of amides is 2. The lowest BCUT2D eigenvalue weighted by Crippen LogP contribution is -2.21. The van der Waals surface area contributed by atoms with Gasteiger partial charge in [0.05, 0.1) is 17.6 Å². The first kappa shape index (κ1) is 18.6. The first-order valence-electron chi connectivity index (χ1n) is 9.23. The Morgan fingerprint density at radius 2 is 2.07 bits per heavy atom. The van der Waals surface area contributed by atoms with E-state index in [9.17, 15) is 9.59 Å². The number of pyridine rings is 2. The quantitative estimate of drug-likeness (QED) is 0.662. The van der Waals surface area contributed by atoms with Gasteiger partial charge in [-0.3, -0.25) is 14.3 Å². The number of primary amides is 1. The number of carbonyl (C=O) groups is 2. The van der Waals surface area contributed by atoms with Crippen LogP contribution in [-0.2, 0) is 7.05 Å². The van der Waals surface area contributed by atoms with Crippen LogP contribution in [0.4, 0.5) is 11.5 Å². The molecule has 0 radical (unpaired) electrons. The highest BCUT2D eigenvalue weighted by atomic mass is 16.2. The minimum Gasteiger partial charge on any atom is -0.364 e. The van der Waals surface area contributed by atoms with Crippen LogP contribution < -0.4 is 16.0 Å². The molecule has 0 bridgehead atoms. The van der Waals surface area contributed by atoms with Gasteiger partial charge in [0, 0.05) is 31.9 Å². The summed E-state index contributed by atoms with van der Waals surface area (Å²) in [6.07, 6.45) is 5.48. The van der Waals surface area contributed by atoms with Gasteiger partial charge in [0.25, 0.3) is 11.8 Å². The third-order valence-corrected chi connectivity index (χ3v) is 4.90. The van der Waals surface area contributed by atoms with Crippen LogP contribution in [0.5, 0.6) is 0 Å². The van der Waals surface area contributed by atoms with E-state index in [2.05, 4.69) is 25.3 Å². The number of nitrogens with zero attached hydrogens (tertiary/aromatic N) is 5. The van der Waals surface area contributed by atoms with E-state index in [4.69, 9.17) is 5.73 Å². The molecule has 9 nitrogen and oxygen atoms in total. The lowest BCUT2D eigenvalue weighted by atomic mass is 10.1. The van der Waals surface area contributed by atoms with Gasteiger partial charge in [0.1, 0.15) is 17.2 Å². The van der Waals surface area contributed by atoms with Crippen LogP contribution in [0.1, 0.15) is 33.8 Å². The number of aromatic nitrogens is 4. The van der Waals surface area contributed by atoms with Crippen molar-refractivity contribution in [2.45, 2.75) is 18.9 Å². The number of carbonyl (C=O) groups excluding carboxylic acids is 2. The molecule has 9 heteroatoms. The maximum atomic E-state index is 12.7. The molecule has 2 amide bonds. The molecule has 0 saturated heterocycles. The van der Waals surface area contributed by atoms with E-state index in [1.807, 2.05) is 25.2 Å². The molecule has 0 atom stereocenters. The van der Waals surface area contributed by atoms with Gasteiger partial charge in [-0.1, -0.05) is 6.07 Å². The summed E-state index contributed by atoms with van der Waals surface area (Å²) in [5.41, 5.74) is 7.48. The van der Waals surface area contributed by atoms with Gasteiger partial charge >= 0.3 is 0 Å². The van der Waals surface area contributed by atoms with Crippen molar-refractivity contribution in [2.24, 2.45) is 12.8 Å². The zero-order valence-electron chi connectivity index (χ0n) is 16.2.